The van der Waals surface area contributed by atoms with Crippen LogP contribution in [0.2, 0.25) is 0 Å². The summed E-state index contributed by atoms with van der Waals surface area (Å²) in [4.78, 5) is 16.2. The molecule has 0 aliphatic heterocycles. The van der Waals surface area contributed by atoms with Crippen LogP contribution in [0.5, 0.6) is 0 Å². The maximum absolute atomic E-state index is 11.9. The fraction of sp³-hybridized carbons (Fsp3) is 0.333. The third kappa shape index (κ3) is 2.50. The Balaban J connectivity index is 1.74. The van der Waals surface area contributed by atoms with Gasteiger partial charge in [-0.05, 0) is 36.5 Å². The van der Waals surface area contributed by atoms with Crippen LogP contribution < -0.4 is 5.32 Å². The van der Waals surface area contributed by atoms with Crippen LogP contribution in [0.3, 0.4) is 0 Å². The van der Waals surface area contributed by atoms with Crippen LogP contribution >= 0.6 is 0 Å². The zero-order valence-corrected chi connectivity index (χ0v) is 10.2. The number of hydrogen-bond acceptors (Lipinski definition) is 2. The molecule has 1 heterocycles. The summed E-state index contributed by atoms with van der Waals surface area (Å²) >= 11 is 0. The molecule has 92 valence electrons. The highest BCUT2D eigenvalue weighted by atomic mass is 16.1. The van der Waals surface area contributed by atoms with Gasteiger partial charge < -0.3 is 5.32 Å². The summed E-state index contributed by atoms with van der Waals surface area (Å²) in [6.45, 7) is 0.835. The van der Waals surface area contributed by atoms with Crippen molar-refractivity contribution in [1.29, 1.82) is 0 Å². The Hall–Kier alpha value is -1.90. The second-order valence-corrected chi connectivity index (χ2v) is 4.91. The van der Waals surface area contributed by atoms with E-state index in [9.17, 15) is 4.79 Å². The highest BCUT2D eigenvalue weighted by Crippen LogP contribution is 2.27. The summed E-state index contributed by atoms with van der Waals surface area (Å²) in [6, 6.07) is 9.86. The zero-order valence-electron chi connectivity index (χ0n) is 10.2. The van der Waals surface area contributed by atoms with Gasteiger partial charge in [0.25, 0.3) is 0 Å². The Kier molecular flexibility index (Phi) is 2.97. The molecular weight excluding hydrogens is 224 g/mol. The fourth-order valence-corrected chi connectivity index (χ4v) is 2.14. The maximum atomic E-state index is 11.9. The first-order valence-corrected chi connectivity index (χ1v) is 6.42. The summed E-state index contributed by atoms with van der Waals surface area (Å²) in [5, 5.41) is 4.07. The number of pyridine rings is 1. The molecule has 3 nitrogen and oxygen atoms in total. The first-order chi connectivity index (χ1) is 8.83. The third-order valence-electron chi connectivity index (χ3n) is 3.37. The number of benzene rings is 1. The molecule has 1 aromatic heterocycles. The van der Waals surface area contributed by atoms with E-state index in [2.05, 4.69) is 10.3 Å². The summed E-state index contributed by atoms with van der Waals surface area (Å²) in [7, 11) is 0. The lowest BCUT2D eigenvalue weighted by Crippen LogP contribution is -2.27. The number of fused-ring (bicyclic) bond motifs is 1. The number of rotatable bonds is 4. The van der Waals surface area contributed by atoms with E-state index in [4.69, 9.17) is 0 Å². The molecule has 0 bridgehead atoms. The molecule has 1 aromatic carbocycles. The first kappa shape index (κ1) is 11.2. The Bertz CT molecular complexity index is 570. The smallest absolute Gasteiger partial charge is 0.224 e. The lowest BCUT2D eigenvalue weighted by atomic mass is 10.1. The van der Waals surface area contributed by atoms with Gasteiger partial charge in [0.2, 0.25) is 5.91 Å². The second-order valence-electron chi connectivity index (χ2n) is 4.91. The average Bonchev–Trinajstić information content (AvgIpc) is 3.21. The van der Waals surface area contributed by atoms with E-state index in [1.54, 1.807) is 6.20 Å². The Labute approximate surface area is 106 Å². The second kappa shape index (κ2) is 4.77. The molecule has 1 saturated carbocycles. The molecule has 1 N–H and O–H groups in total. The summed E-state index contributed by atoms with van der Waals surface area (Å²) < 4.78 is 0. The predicted molar refractivity (Wildman–Crippen MR) is 71.2 cm³/mol. The molecule has 1 aliphatic rings. The van der Waals surface area contributed by atoms with E-state index in [1.165, 1.54) is 12.8 Å². The highest BCUT2D eigenvalue weighted by Gasteiger charge is 2.21. The lowest BCUT2D eigenvalue weighted by Gasteiger charge is -2.06. The number of nitrogens with one attached hydrogen (secondary N) is 1. The van der Waals surface area contributed by atoms with Gasteiger partial charge in [-0.25, -0.2) is 0 Å². The van der Waals surface area contributed by atoms with Crippen LogP contribution in [0.15, 0.2) is 36.5 Å². The predicted octanol–water partition coefficient (Wildman–Crippen LogP) is 2.30. The molecule has 0 radical (unpaired) electrons. The number of aromatic nitrogens is 1. The highest BCUT2D eigenvalue weighted by molar-refractivity contribution is 5.88. The van der Waals surface area contributed by atoms with Crippen molar-refractivity contribution < 1.29 is 4.79 Å². The number of carbonyl (C=O) groups excluding carboxylic acids is 1. The van der Waals surface area contributed by atoms with Crippen LogP contribution in [0.1, 0.15) is 18.4 Å². The van der Waals surface area contributed by atoms with Crippen LogP contribution in [-0.4, -0.2) is 17.4 Å². The Morgan fingerprint density at radius 3 is 3.00 bits per heavy atom. The molecule has 3 heteroatoms. The third-order valence-corrected chi connectivity index (χ3v) is 3.37. The monoisotopic (exact) mass is 240 g/mol. The molecule has 1 aliphatic carbocycles. The van der Waals surface area contributed by atoms with E-state index in [1.807, 2.05) is 30.3 Å². The molecule has 3 rings (SSSR count). The number of hydrogen-bond donors (Lipinski definition) is 1. The minimum absolute atomic E-state index is 0.109. The molecule has 0 unspecified atom stereocenters. The van der Waals surface area contributed by atoms with Crippen molar-refractivity contribution in [1.82, 2.24) is 10.3 Å². The van der Waals surface area contributed by atoms with Crippen LogP contribution in [-0.2, 0) is 11.2 Å². The first-order valence-electron chi connectivity index (χ1n) is 6.42. The van der Waals surface area contributed by atoms with Crippen molar-refractivity contribution in [2.24, 2.45) is 5.92 Å². The Morgan fingerprint density at radius 1 is 1.28 bits per heavy atom. The van der Waals surface area contributed by atoms with Crippen molar-refractivity contribution in [2.45, 2.75) is 19.3 Å². The van der Waals surface area contributed by atoms with Gasteiger partial charge >= 0.3 is 0 Å². The number of carbonyl (C=O) groups is 1. The standard InChI is InChI=1S/C15H16N2O/c18-15(17-10-11-6-7-11)9-12-3-1-5-14-13(12)4-2-8-16-14/h1-5,8,11H,6-7,9-10H2,(H,17,18). The van der Waals surface area contributed by atoms with Gasteiger partial charge in [0.15, 0.2) is 0 Å². The molecule has 1 fully saturated rings. The summed E-state index contributed by atoms with van der Waals surface area (Å²) in [5.74, 6) is 0.835. The summed E-state index contributed by atoms with van der Waals surface area (Å²) in [5.41, 5.74) is 2.00. The molecular formula is C15H16N2O. The van der Waals surface area contributed by atoms with Crippen molar-refractivity contribution in [2.75, 3.05) is 6.54 Å². The normalized spacial score (nSPS) is 14.7. The lowest BCUT2D eigenvalue weighted by molar-refractivity contribution is -0.120. The van der Waals surface area contributed by atoms with Crippen molar-refractivity contribution in [3.63, 3.8) is 0 Å². The van der Waals surface area contributed by atoms with Gasteiger partial charge in [-0.3, -0.25) is 9.78 Å². The quantitative estimate of drug-likeness (QED) is 0.891. The van der Waals surface area contributed by atoms with Gasteiger partial charge in [0.1, 0.15) is 0 Å². The SMILES string of the molecule is O=C(Cc1cccc2ncccc12)NCC1CC1. The van der Waals surface area contributed by atoms with Gasteiger partial charge in [-0.2, -0.15) is 0 Å². The van der Waals surface area contributed by atoms with E-state index in [0.29, 0.717) is 6.42 Å². The minimum atomic E-state index is 0.109. The van der Waals surface area contributed by atoms with Crippen LogP contribution in [0, 0.1) is 5.92 Å². The van der Waals surface area contributed by atoms with E-state index < -0.39 is 0 Å². The van der Waals surface area contributed by atoms with E-state index in [0.717, 1.165) is 28.9 Å². The number of amides is 1. The fourth-order valence-electron chi connectivity index (χ4n) is 2.14. The largest absolute Gasteiger partial charge is 0.356 e. The average molecular weight is 240 g/mol. The van der Waals surface area contributed by atoms with Gasteiger partial charge in [0, 0.05) is 18.1 Å². The Morgan fingerprint density at radius 2 is 2.17 bits per heavy atom. The molecule has 0 saturated heterocycles. The molecule has 0 atom stereocenters. The van der Waals surface area contributed by atoms with Crippen LogP contribution in [0.25, 0.3) is 10.9 Å². The van der Waals surface area contributed by atoms with Crippen molar-refractivity contribution >= 4 is 16.8 Å². The van der Waals surface area contributed by atoms with Crippen molar-refractivity contribution in [3.8, 4) is 0 Å². The minimum Gasteiger partial charge on any atom is -0.356 e. The van der Waals surface area contributed by atoms with Gasteiger partial charge in [-0.1, -0.05) is 18.2 Å². The maximum Gasteiger partial charge on any atom is 0.224 e. The zero-order chi connectivity index (χ0) is 12.4. The summed E-state index contributed by atoms with van der Waals surface area (Å²) in [6.07, 6.45) is 4.74. The van der Waals surface area contributed by atoms with Crippen molar-refractivity contribution in [3.05, 3.63) is 42.1 Å². The molecule has 2 aromatic rings. The molecule has 18 heavy (non-hydrogen) atoms. The van der Waals surface area contributed by atoms with E-state index in [-0.39, 0.29) is 5.91 Å². The number of nitrogens with zero attached hydrogens (tertiary/aromatic N) is 1. The molecule has 1 amide bonds. The van der Waals surface area contributed by atoms with E-state index >= 15 is 0 Å². The van der Waals surface area contributed by atoms with Crippen LogP contribution in [0.4, 0.5) is 0 Å². The topological polar surface area (TPSA) is 42.0 Å². The van der Waals surface area contributed by atoms with Gasteiger partial charge in [0.05, 0.1) is 11.9 Å². The molecule has 0 spiro atoms. The van der Waals surface area contributed by atoms with Gasteiger partial charge in [-0.15, -0.1) is 0 Å².